The number of rotatable bonds is 6. The van der Waals surface area contributed by atoms with Crippen LogP contribution in [0.2, 0.25) is 0 Å². The van der Waals surface area contributed by atoms with Crippen molar-refractivity contribution >= 4 is 11.9 Å². The number of amides is 1. The number of hydrogen-bond acceptors (Lipinski definition) is 2. The highest BCUT2D eigenvalue weighted by Gasteiger charge is 2.14. The minimum Gasteiger partial charge on any atom is -0.478 e. The third-order valence-electron chi connectivity index (χ3n) is 3.18. The molecule has 0 spiro atoms. The minimum absolute atomic E-state index is 0.213. The normalized spacial score (nSPS) is 12.0. The number of carboxylic acid groups (broad SMARTS) is 1. The molecule has 0 bridgehead atoms. The van der Waals surface area contributed by atoms with E-state index in [9.17, 15) is 9.59 Å². The zero-order valence-electron chi connectivity index (χ0n) is 12.0. The van der Waals surface area contributed by atoms with Gasteiger partial charge in [-0.2, -0.15) is 0 Å². The second kappa shape index (κ2) is 7.78. The molecule has 0 radical (unpaired) electrons. The van der Waals surface area contributed by atoms with Gasteiger partial charge in [-0.25, -0.2) is 4.79 Å². The quantitative estimate of drug-likeness (QED) is 0.805. The molecule has 2 aromatic carbocycles. The topological polar surface area (TPSA) is 66.4 Å². The molecule has 2 rings (SSSR count). The maximum atomic E-state index is 11.9. The van der Waals surface area contributed by atoms with Crippen LogP contribution in [0.3, 0.4) is 0 Å². The molecule has 0 aliphatic rings. The number of nitrogens with one attached hydrogen (secondary N) is 1. The van der Waals surface area contributed by atoms with E-state index in [1.165, 1.54) is 0 Å². The molecule has 4 nitrogen and oxygen atoms in total. The Hall–Kier alpha value is -2.88. The third kappa shape index (κ3) is 4.90. The van der Waals surface area contributed by atoms with E-state index >= 15 is 0 Å². The summed E-state index contributed by atoms with van der Waals surface area (Å²) < 4.78 is 0. The Labute approximate surface area is 129 Å². The molecule has 112 valence electrons. The summed E-state index contributed by atoms with van der Waals surface area (Å²) in [6.45, 7) is 0. The lowest BCUT2D eigenvalue weighted by atomic mass is 9.99. The SMILES string of the molecule is O=C(O)/C=C\C(=O)N[C@@H](Cc1ccccc1)c1ccccc1. The number of carbonyl (C=O) groups excluding carboxylic acids is 1. The van der Waals surface area contributed by atoms with Gasteiger partial charge in [0.25, 0.3) is 0 Å². The second-order valence-corrected chi connectivity index (χ2v) is 4.83. The molecule has 2 N–H and O–H groups in total. The van der Waals surface area contributed by atoms with Crippen molar-refractivity contribution < 1.29 is 14.7 Å². The van der Waals surface area contributed by atoms with Crippen molar-refractivity contribution in [1.29, 1.82) is 0 Å². The molecule has 4 heteroatoms. The molecule has 0 heterocycles. The van der Waals surface area contributed by atoms with Crippen molar-refractivity contribution in [2.45, 2.75) is 12.5 Å². The standard InChI is InChI=1S/C18H17NO3/c20-17(11-12-18(21)22)19-16(15-9-5-2-6-10-15)13-14-7-3-1-4-8-14/h1-12,16H,13H2,(H,19,20)(H,21,22)/b12-11-/t16-/m0/s1. The fraction of sp³-hybridized carbons (Fsp3) is 0.111. The van der Waals surface area contributed by atoms with Gasteiger partial charge in [-0.3, -0.25) is 4.79 Å². The first-order chi connectivity index (χ1) is 10.6. The van der Waals surface area contributed by atoms with E-state index in [1.54, 1.807) is 0 Å². The van der Waals surface area contributed by atoms with Crippen LogP contribution in [-0.4, -0.2) is 17.0 Å². The minimum atomic E-state index is -1.14. The van der Waals surface area contributed by atoms with Gasteiger partial charge < -0.3 is 10.4 Å². The first-order valence-electron chi connectivity index (χ1n) is 6.95. The maximum Gasteiger partial charge on any atom is 0.328 e. The van der Waals surface area contributed by atoms with Crippen LogP contribution in [-0.2, 0) is 16.0 Å². The average molecular weight is 295 g/mol. The van der Waals surface area contributed by atoms with Crippen LogP contribution in [0, 0.1) is 0 Å². The van der Waals surface area contributed by atoms with E-state index in [-0.39, 0.29) is 6.04 Å². The van der Waals surface area contributed by atoms with Crippen LogP contribution in [0.15, 0.2) is 72.8 Å². The Morgan fingerprint density at radius 2 is 1.55 bits per heavy atom. The Kier molecular flexibility index (Phi) is 5.49. The molecular weight excluding hydrogens is 278 g/mol. The van der Waals surface area contributed by atoms with Gasteiger partial charge >= 0.3 is 5.97 Å². The first-order valence-corrected chi connectivity index (χ1v) is 6.95. The van der Waals surface area contributed by atoms with Crippen molar-refractivity contribution in [2.24, 2.45) is 0 Å². The predicted molar refractivity (Wildman–Crippen MR) is 84.2 cm³/mol. The van der Waals surface area contributed by atoms with E-state index < -0.39 is 11.9 Å². The summed E-state index contributed by atoms with van der Waals surface area (Å²) in [5, 5.41) is 11.4. The zero-order chi connectivity index (χ0) is 15.8. The lowest BCUT2D eigenvalue weighted by molar-refractivity contribution is -0.131. The monoisotopic (exact) mass is 295 g/mol. The van der Waals surface area contributed by atoms with Crippen LogP contribution in [0.1, 0.15) is 17.2 Å². The summed E-state index contributed by atoms with van der Waals surface area (Å²) in [4.78, 5) is 22.3. The van der Waals surface area contributed by atoms with Gasteiger partial charge in [-0.1, -0.05) is 60.7 Å². The van der Waals surface area contributed by atoms with Gasteiger partial charge in [0, 0.05) is 12.2 Å². The van der Waals surface area contributed by atoms with Gasteiger partial charge in [0.2, 0.25) is 5.91 Å². The Morgan fingerprint density at radius 1 is 0.955 bits per heavy atom. The number of hydrogen-bond donors (Lipinski definition) is 2. The lowest BCUT2D eigenvalue weighted by Crippen LogP contribution is -2.28. The molecular formula is C18H17NO3. The van der Waals surface area contributed by atoms with Gasteiger partial charge in [0.05, 0.1) is 6.04 Å². The van der Waals surface area contributed by atoms with Crippen molar-refractivity contribution in [1.82, 2.24) is 5.32 Å². The van der Waals surface area contributed by atoms with Crippen LogP contribution < -0.4 is 5.32 Å². The largest absolute Gasteiger partial charge is 0.478 e. The molecule has 0 fully saturated rings. The fourth-order valence-corrected chi connectivity index (χ4v) is 2.15. The van der Waals surface area contributed by atoms with E-state index in [0.717, 1.165) is 23.3 Å². The summed E-state index contributed by atoms with van der Waals surface area (Å²) in [5.41, 5.74) is 2.07. The fourth-order valence-electron chi connectivity index (χ4n) is 2.15. The van der Waals surface area contributed by atoms with Crippen LogP contribution in [0.25, 0.3) is 0 Å². The molecule has 0 aromatic heterocycles. The summed E-state index contributed by atoms with van der Waals surface area (Å²) >= 11 is 0. The second-order valence-electron chi connectivity index (χ2n) is 4.83. The summed E-state index contributed by atoms with van der Waals surface area (Å²) in [6.07, 6.45) is 2.50. The number of aliphatic carboxylic acids is 1. The highest BCUT2D eigenvalue weighted by Crippen LogP contribution is 2.18. The van der Waals surface area contributed by atoms with Gasteiger partial charge in [0.1, 0.15) is 0 Å². The maximum absolute atomic E-state index is 11.9. The highest BCUT2D eigenvalue weighted by molar-refractivity contribution is 5.94. The lowest BCUT2D eigenvalue weighted by Gasteiger charge is -2.18. The molecule has 0 saturated heterocycles. The zero-order valence-corrected chi connectivity index (χ0v) is 12.0. The summed E-state index contributed by atoms with van der Waals surface area (Å²) in [7, 11) is 0. The average Bonchev–Trinajstić information content (AvgIpc) is 2.54. The molecule has 2 aromatic rings. The van der Waals surface area contributed by atoms with E-state index in [1.807, 2.05) is 60.7 Å². The van der Waals surface area contributed by atoms with Gasteiger partial charge in [-0.15, -0.1) is 0 Å². The van der Waals surface area contributed by atoms with Crippen molar-refractivity contribution in [3.63, 3.8) is 0 Å². The third-order valence-corrected chi connectivity index (χ3v) is 3.18. The smallest absolute Gasteiger partial charge is 0.328 e. The highest BCUT2D eigenvalue weighted by atomic mass is 16.4. The summed E-state index contributed by atoms with van der Waals surface area (Å²) in [5.74, 6) is -1.57. The molecule has 0 unspecified atom stereocenters. The van der Waals surface area contributed by atoms with Crippen LogP contribution >= 0.6 is 0 Å². The molecule has 1 atom stereocenters. The van der Waals surface area contributed by atoms with Crippen molar-refractivity contribution in [3.05, 3.63) is 83.9 Å². The Balaban J connectivity index is 2.15. The molecule has 1 amide bonds. The number of carboxylic acids is 1. The number of carbonyl (C=O) groups is 2. The first kappa shape index (κ1) is 15.5. The van der Waals surface area contributed by atoms with Crippen molar-refractivity contribution in [2.75, 3.05) is 0 Å². The molecule has 0 aliphatic heterocycles. The van der Waals surface area contributed by atoms with Gasteiger partial charge in [-0.05, 0) is 17.5 Å². The van der Waals surface area contributed by atoms with E-state index in [4.69, 9.17) is 5.11 Å². The van der Waals surface area contributed by atoms with Crippen LogP contribution in [0.4, 0.5) is 0 Å². The molecule has 22 heavy (non-hydrogen) atoms. The van der Waals surface area contributed by atoms with Crippen LogP contribution in [0.5, 0.6) is 0 Å². The molecule has 0 saturated carbocycles. The summed E-state index contributed by atoms with van der Waals surface area (Å²) in [6, 6.07) is 19.2. The van der Waals surface area contributed by atoms with E-state index in [2.05, 4.69) is 5.32 Å². The van der Waals surface area contributed by atoms with Gasteiger partial charge in [0.15, 0.2) is 0 Å². The number of benzene rings is 2. The predicted octanol–water partition coefficient (Wildman–Crippen LogP) is 2.73. The molecule has 0 aliphatic carbocycles. The Bertz CT molecular complexity index is 651. The van der Waals surface area contributed by atoms with E-state index in [0.29, 0.717) is 6.42 Å². The Morgan fingerprint density at radius 3 is 2.14 bits per heavy atom. The van der Waals surface area contributed by atoms with Crippen molar-refractivity contribution in [3.8, 4) is 0 Å².